The van der Waals surface area contributed by atoms with Gasteiger partial charge in [0.15, 0.2) is 11.6 Å². The van der Waals surface area contributed by atoms with Crippen molar-refractivity contribution in [1.82, 2.24) is 10.2 Å². The van der Waals surface area contributed by atoms with E-state index in [-0.39, 0.29) is 17.7 Å². The zero-order valence-corrected chi connectivity index (χ0v) is 11.9. The monoisotopic (exact) mass is 268 g/mol. The third kappa shape index (κ3) is 4.21. The Morgan fingerprint density at radius 3 is 2.74 bits per heavy atom. The van der Waals surface area contributed by atoms with E-state index in [1.807, 2.05) is 6.92 Å². The highest BCUT2D eigenvalue weighted by atomic mass is 19.1. The molecular formula is C14H21FN2O2. The SMILES string of the molecule is CCN(C)C(=O)C(C)NCc1ccc(OC)c(F)c1. The molecule has 0 saturated heterocycles. The number of hydrogen-bond donors (Lipinski definition) is 1. The van der Waals surface area contributed by atoms with Crippen molar-refractivity contribution in [2.45, 2.75) is 26.4 Å². The maximum atomic E-state index is 13.5. The van der Waals surface area contributed by atoms with Gasteiger partial charge in [-0.2, -0.15) is 0 Å². The molecule has 0 bridgehead atoms. The normalized spacial score (nSPS) is 12.1. The zero-order chi connectivity index (χ0) is 14.4. The summed E-state index contributed by atoms with van der Waals surface area (Å²) in [7, 11) is 3.19. The van der Waals surface area contributed by atoms with Crippen LogP contribution in [0.1, 0.15) is 19.4 Å². The Hall–Kier alpha value is -1.62. The van der Waals surface area contributed by atoms with Crippen LogP contribution in [0, 0.1) is 5.82 Å². The molecular weight excluding hydrogens is 247 g/mol. The molecule has 0 spiro atoms. The summed E-state index contributed by atoms with van der Waals surface area (Å²) in [5, 5.41) is 3.08. The second-order valence-electron chi connectivity index (χ2n) is 4.42. The molecule has 1 aromatic rings. The van der Waals surface area contributed by atoms with Gasteiger partial charge in [-0.3, -0.25) is 4.79 Å². The third-order valence-corrected chi connectivity index (χ3v) is 3.05. The van der Waals surface area contributed by atoms with Crippen LogP contribution in [0.3, 0.4) is 0 Å². The van der Waals surface area contributed by atoms with E-state index in [0.29, 0.717) is 13.1 Å². The van der Waals surface area contributed by atoms with Crippen molar-refractivity contribution in [2.24, 2.45) is 0 Å². The summed E-state index contributed by atoms with van der Waals surface area (Å²) in [6.07, 6.45) is 0. The molecule has 1 unspecified atom stereocenters. The van der Waals surface area contributed by atoms with Crippen LogP contribution in [-0.2, 0) is 11.3 Å². The summed E-state index contributed by atoms with van der Waals surface area (Å²) in [6.45, 7) is 4.82. The number of ether oxygens (including phenoxy) is 1. The van der Waals surface area contributed by atoms with Gasteiger partial charge in [0.25, 0.3) is 0 Å². The first-order chi connectivity index (χ1) is 8.99. The lowest BCUT2D eigenvalue weighted by molar-refractivity contribution is -0.131. The van der Waals surface area contributed by atoms with E-state index in [2.05, 4.69) is 5.32 Å². The molecule has 0 fully saturated rings. The second kappa shape index (κ2) is 7.09. The number of carbonyl (C=O) groups is 1. The van der Waals surface area contributed by atoms with E-state index >= 15 is 0 Å². The molecule has 1 aromatic carbocycles. The van der Waals surface area contributed by atoms with Gasteiger partial charge in [-0.15, -0.1) is 0 Å². The Morgan fingerprint density at radius 2 is 2.21 bits per heavy atom. The first-order valence-corrected chi connectivity index (χ1v) is 6.30. The predicted octanol–water partition coefficient (Wildman–Crippen LogP) is 1.79. The molecule has 4 nitrogen and oxygen atoms in total. The van der Waals surface area contributed by atoms with Gasteiger partial charge in [-0.25, -0.2) is 4.39 Å². The number of methoxy groups -OCH3 is 1. The minimum absolute atomic E-state index is 0.0245. The molecule has 0 heterocycles. The molecule has 1 rings (SSSR count). The fourth-order valence-electron chi connectivity index (χ4n) is 1.66. The lowest BCUT2D eigenvalue weighted by Gasteiger charge is -2.20. The van der Waals surface area contributed by atoms with Crippen LogP contribution in [0.2, 0.25) is 0 Å². The van der Waals surface area contributed by atoms with Gasteiger partial charge in [0.05, 0.1) is 13.2 Å². The number of carbonyl (C=O) groups excluding carboxylic acids is 1. The first-order valence-electron chi connectivity index (χ1n) is 6.30. The molecule has 5 heteroatoms. The van der Waals surface area contributed by atoms with Crippen LogP contribution < -0.4 is 10.1 Å². The Morgan fingerprint density at radius 1 is 1.53 bits per heavy atom. The van der Waals surface area contributed by atoms with Gasteiger partial charge in [-0.05, 0) is 31.5 Å². The highest BCUT2D eigenvalue weighted by Gasteiger charge is 2.15. The molecule has 106 valence electrons. The van der Waals surface area contributed by atoms with Crippen LogP contribution in [0.25, 0.3) is 0 Å². The summed E-state index contributed by atoms with van der Waals surface area (Å²) < 4.78 is 18.3. The average Bonchev–Trinajstić information content (AvgIpc) is 2.43. The van der Waals surface area contributed by atoms with E-state index < -0.39 is 5.82 Å². The highest BCUT2D eigenvalue weighted by molar-refractivity contribution is 5.81. The molecule has 0 aromatic heterocycles. The number of rotatable bonds is 6. The topological polar surface area (TPSA) is 41.6 Å². The molecule has 1 amide bonds. The molecule has 0 aliphatic carbocycles. The zero-order valence-electron chi connectivity index (χ0n) is 11.9. The van der Waals surface area contributed by atoms with Gasteiger partial charge in [-0.1, -0.05) is 6.07 Å². The fraction of sp³-hybridized carbons (Fsp3) is 0.500. The second-order valence-corrected chi connectivity index (χ2v) is 4.42. The smallest absolute Gasteiger partial charge is 0.239 e. The summed E-state index contributed by atoms with van der Waals surface area (Å²) in [5.41, 5.74) is 0.775. The van der Waals surface area contributed by atoms with Crippen LogP contribution in [0.4, 0.5) is 4.39 Å². The van der Waals surface area contributed by atoms with Crippen LogP contribution in [0.5, 0.6) is 5.75 Å². The van der Waals surface area contributed by atoms with E-state index in [1.165, 1.54) is 13.2 Å². The minimum atomic E-state index is -0.397. The molecule has 1 atom stereocenters. The predicted molar refractivity (Wildman–Crippen MR) is 72.6 cm³/mol. The Balaban J connectivity index is 2.57. The summed E-state index contributed by atoms with van der Waals surface area (Å²) >= 11 is 0. The molecule has 0 aliphatic heterocycles. The summed E-state index contributed by atoms with van der Waals surface area (Å²) in [4.78, 5) is 13.5. The first kappa shape index (κ1) is 15.4. The number of nitrogens with zero attached hydrogens (tertiary/aromatic N) is 1. The van der Waals surface area contributed by atoms with Gasteiger partial charge in [0.1, 0.15) is 0 Å². The largest absolute Gasteiger partial charge is 0.494 e. The quantitative estimate of drug-likeness (QED) is 0.855. The number of nitrogens with one attached hydrogen (secondary N) is 1. The van der Waals surface area contributed by atoms with Crippen LogP contribution in [0.15, 0.2) is 18.2 Å². The Labute approximate surface area is 113 Å². The van der Waals surface area contributed by atoms with Crippen molar-refractivity contribution in [2.75, 3.05) is 20.7 Å². The van der Waals surface area contributed by atoms with E-state index in [9.17, 15) is 9.18 Å². The van der Waals surface area contributed by atoms with Crippen molar-refractivity contribution >= 4 is 5.91 Å². The van der Waals surface area contributed by atoms with Crippen molar-refractivity contribution in [3.05, 3.63) is 29.6 Å². The third-order valence-electron chi connectivity index (χ3n) is 3.05. The van der Waals surface area contributed by atoms with E-state index in [0.717, 1.165) is 5.56 Å². The molecule has 19 heavy (non-hydrogen) atoms. The van der Waals surface area contributed by atoms with Crippen LogP contribution >= 0.6 is 0 Å². The van der Waals surface area contributed by atoms with Crippen molar-refractivity contribution in [3.8, 4) is 5.75 Å². The molecule has 0 saturated carbocycles. The fourth-order valence-corrected chi connectivity index (χ4v) is 1.66. The lowest BCUT2D eigenvalue weighted by atomic mass is 10.2. The lowest BCUT2D eigenvalue weighted by Crippen LogP contribution is -2.42. The maximum absolute atomic E-state index is 13.5. The number of likely N-dealkylation sites (N-methyl/N-ethyl adjacent to an activating group) is 1. The van der Waals surface area contributed by atoms with Gasteiger partial charge < -0.3 is 15.0 Å². The Kier molecular flexibility index (Phi) is 5.76. The van der Waals surface area contributed by atoms with Crippen molar-refractivity contribution in [1.29, 1.82) is 0 Å². The van der Waals surface area contributed by atoms with Crippen molar-refractivity contribution < 1.29 is 13.9 Å². The molecule has 0 radical (unpaired) electrons. The van der Waals surface area contributed by atoms with Gasteiger partial charge in [0, 0.05) is 20.1 Å². The number of halogens is 1. The number of hydrogen-bond acceptors (Lipinski definition) is 3. The summed E-state index contributed by atoms with van der Waals surface area (Å²) in [5.74, 6) is -0.151. The average molecular weight is 268 g/mol. The molecule has 0 aliphatic rings. The van der Waals surface area contributed by atoms with Crippen LogP contribution in [-0.4, -0.2) is 37.6 Å². The highest BCUT2D eigenvalue weighted by Crippen LogP contribution is 2.17. The van der Waals surface area contributed by atoms with E-state index in [4.69, 9.17) is 4.74 Å². The molecule has 1 N–H and O–H groups in total. The van der Waals surface area contributed by atoms with Gasteiger partial charge >= 0.3 is 0 Å². The van der Waals surface area contributed by atoms with Gasteiger partial charge in [0.2, 0.25) is 5.91 Å². The number of benzene rings is 1. The maximum Gasteiger partial charge on any atom is 0.239 e. The van der Waals surface area contributed by atoms with Crippen molar-refractivity contribution in [3.63, 3.8) is 0 Å². The minimum Gasteiger partial charge on any atom is -0.494 e. The van der Waals surface area contributed by atoms with E-state index in [1.54, 1.807) is 31.0 Å². The standard InChI is InChI=1S/C14H21FN2O2/c1-5-17(3)14(18)10(2)16-9-11-6-7-13(19-4)12(15)8-11/h6-8,10,16H,5,9H2,1-4H3. The Bertz CT molecular complexity index is 437. The summed E-state index contributed by atoms with van der Waals surface area (Å²) in [6, 6.07) is 4.47. The number of amides is 1.